The van der Waals surface area contributed by atoms with Gasteiger partial charge in [0, 0.05) is 5.56 Å². The van der Waals surface area contributed by atoms with Gasteiger partial charge in [-0.1, -0.05) is 43.0 Å². The van der Waals surface area contributed by atoms with Crippen molar-refractivity contribution < 1.29 is 0 Å². The van der Waals surface area contributed by atoms with Gasteiger partial charge >= 0.3 is 0 Å². The summed E-state index contributed by atoms with van der Waals surface area (Å²) in [5.74, 6) is 7.81. The maximum atomic E-state index is 3.89. The van der Waals surface area contributed by atoms with E-state index in [0.717, 1.165) is 17.9 Å². The summed E-state index contributed by atoms with van der Waals surface area (Å²) >= 11 is 0. The SMILES string of the molecule is C=C[C@H]1CC[C@H](C=CC#Cc2ccc(CC)cc2)CC1. The van der Waals surface area contributed by atoms with Crippen LogP contribution in [-0.4, -0.2) is 0 Å². The van der Waals surface area contributed by atoms with E-state index in [0.29, 0.717) is 5.92 Å². The molecule has 0 amide bonds. The minimum absolute atomic E-state index is 0.711. The second kappa shape index (κ2) is 7.75. The van der Waals surface area contributed by atoms with Gasteiger partial charge < -0.3 is 0 Å². The predicted octanol–water partition coefficient (Wildman–Crippen LogP) is 5.15. The molecular formula is C20H24. The third-order valence-corrected chi connectivity index (χ3v) is 4.18. The first-order valence-corrected chi connectivity index (χ1v) is 7.71. The van der Waals surface area contributed by atoms with Crippen molar-refractivity contribution in [3.05, 3.63) is 60.2 Å². The minimum Gasteiger partial charge on any atom is -0.103 e. The summed E-state index contributed by atoms with van der Waals surface area (Å²) in [6.07, 6.45) is 12.6. The molecule has 1 fully saturated rings. The molecule has 0 atom stereocenters. The van der Waals surface area contributed by atoms with Crippen LogP contribution in [0.1, 0.15) is 43.7 Å². The van der Waals surface area contributed by atoms with Gasteiger partial charge in [-0.15, -0.1) is 6.58 Å². The van der Waals surface area contributed by atoms with Crippen molar-refractivity contribution in [2.75, 3.05) is 0 Å². The lowest BCUT2D eigenvalue weighted by Gasteiger charge is -2.23. The standard InChI is InChI=1S/C20H24/c1-3-17-9-13-19(14-10-17)7-5-6-8-20-15-11-18(4-2)12-16-20/h3,5,7,11-12,15-17,19H,1,4,9-10,13-14H2,2H3/t17-,19-. The average molecular weight is 264 g/mol. The first kappa shape index (κ1) is 14.7. The summed E-state index contributed by atoms with van der Waals surface area (Å²) in [5, 5.41) is 0. The molecule has 0 aliphatic heterocycles. The van der Waals surface area contributed by atoms with E-state index in [1.54, 1.807) is 0 Å². The predicted molar refractivity (Wildman–Crippen MR) is 87.5 cm³/mol. The van der Waals surface area contributed by atoms with Crippen LogP contribution in [0.2, 0.25) is 0 Å². The van der Waals surface area contributed by atoms with Crippen LogP contribution < -0.4 is 0 Å². The zero-order valence-corrected chi connectivity index (χ0v) is 12.4. The Morgan fingerprint density at radius 3 is 2.35 bits per heavy atom. The highest BCUT2D eigenvalue weighted by Gasteiger charge is 2.16. The molecular weight excluding hydrogens is 240 g/mol. The molecule has 1 aliphatic rings. The molecule has 1 aromatic carbocycles. The molecule has 0 nitrogen and oxygen atoms in total. The summed E-state index contributed by atoms with van der Waals surface area (Å²) < 4.78 is 0. The lowest BCUT2D eigenvalue weighted by atomic mass is 9.82. The van der Waals surface area contributed by atoms with Crippen molar-refractivity contribution in [2.24, 2.45) is 11.8 Å². The molecule has 2 rings (SSSR count). The van der Waals surface area contributed by atoms with Gasteiger partial charge in [0.2, 0.25) is 0 Å². The molecule has 0 aromatic heterocycles. The molecule has 0 unspecified atom stereocenters. The van der Waals surface area contributed by atoms with Crippen molar-refractivity contribution in [3.63, 3.8) is 0 Å². The van der Waals surface area contributed by atoms with E-state index < -0.39 is 0 Å². The summed E-state index contributed by atoms with van der Waals surface area (Å²) in [6.45, 7) is 6.06. The van der Waals surface area contributed by atoms with E-state index in [9.17, 15) is 0 Å². The monoisotopic (exact) mass is 264 g/mol. The molecule has 20 heavy (non-hydrogen) atoms. The summed E-state index contributed by atoms with van der Waals surface area (Å²) in [4.78, 5) is 0. The van der Waals surface area contributed by atoms with E-state index in [1.807, 2.05) is 6.08 Å². The van der Waals surface area contributed by atoms with Crippen LogP contribution in [0.15, 0.2) is 49.1 Å². The average Bonchev–Trinajstić information content (AvgIpc) is 2.53. The van der Waals surface area contributed by atoms with Crippen molar-refractivity contribution >= 4 is 0 Å². The molecule has 0 N–H and O–H groups in total. The van der Waals surface area contributed by atoms with Crippen molar-refractivity contribution in [1.29, 1.82) is 0 Å². The van der Waals surface area contributed by atoms with Crippen molar-refractivity contribution in [2.45, 2.75) is 39.0 Å². The van der Waals surface area contributed by atoms with Crippen molar-refractivity contribution in [1.82, 2.24) is 0 Å². The van der Waals surface area contributed by atoms with E-state index >= 15 is 0 Å². The molecule has 0 radical (unpaired) electrons. The Kier molecular flexibility index (Phi) is 5.69. The fourth-order valence-electron chi connectivity index (χ4n) is 2.71. The second-order valence-electron chi connectivity index (χ2n) is 5.59. The third-order valence-electron chi connectivity index (χ3n) is 4.18. The van der Waals surface area contributed by atoms with Crippen LogP contribution in [0.3, 0.4) is 0 Å². The Morgan fingerprint density at radius 2 is 1.75 bits per heavy atom. The van der Waals surface area contributed by atoms with E-state index in [1.165, 1.54) is 31.2 Å². The van der Waals surface area contributed by atoms with E-state index in [2.05, 4.69) is 61.8 Å². The first-order valence-electron chi connectivity index (χ1n) is 7.71. The van der Waals surface area contributed by atoms with Crippen LogP contribution in [0.4, 0.5) is 0 Å². The number of benzene rings is 1. The number of hydrogen-bond donors (Lipinski definition) is 0. The Balaban J connectivity index is 1.84. The molecule has 0 heterocycles. The van der Waals surface area contributed by atoms with Crippen LogP contribution in [0.5, 0.6) is 0 Å². The normalized spacial score (nSPS) is 22.2. The molecule has 0 spiro atoms. The van der Waals surface area contributed by atoms with Gasteiger partial charge in [0.1, 0.15) is 0 Å². The Labute approximate surface area is 123 Å². The van der Waals surface area contributed by atoms with Gasteiger partial charge in [-0.05, 0) is 67.7 Å². The maximum Gasteiger partial charge on any atom is 0.0249 e. The maximum absolute atomic E-state index is 3.89. The Morgan fingerprint density at radius 1 is 1.10 bits per heavy atom. The Hall–Kier alpha value is -1.74. The van der Waals surface area contributed by atoms with Gasteiger partial charge in [-0.25, -0.2) is 0 Å². The highest BCUT2D eigenvalue weighted by Crippen LogP contribution is 2.29. The zero-order valence-electron chi connectivity index (χ0n) is 12.4. The van der Waals surface area contributed by atoms with E-state index in [-0.39, 0.29) is 0 Å². The lowest BCUT2D eigenvalue weighted by molar-refractivity contribution is 0.357. The van der Waals surface area contributed by atoms with Crippen LogP contribution in [-0.2, 0) is 6.42 Å². The lowest BCUT2D eigenvalue weighted by Crippen LogP contribution is -2.10. The summed E-state index contributed by atoms with van der Waals surface area (Å²) in [7, 11) is 0. The van der Waals surface area contributed by atoms with E-state index in [4.69, 9.17) is 0 Å². The number of aryl methyl sites for hydroxylation is 1. The van der Waals surface area contributed by atoms with Gasteiger partial charge in [0.15, 0.2) is 0 Å². The van der Waals surface area contributed by atoms with Gasteiger partial charge in [0.05, 0.1) is 0 Å². The second-order valence-corrected chi connectivity index (χ2v) is 5.59. The molecule has 1 aromatic rings. The number of allylic oxidation sites excluding steroid dienone is 3. The molecule has 0 heteroatoms. The quantitative estimate of drug-likeness (QED) is 0.523. The largest absolute Gasteiger partial charge is 0.103 e. The topological polar surface area (TPSA) is 0 Å². The number of hydrogen-bond acceptors (Lipinski definition) is 0. The summed E-state index contributed by atoms with van der Waals surface area (Å²) in [6, 6.07) is 8.53. The van der Waals surface area contributed by atoms with Crippen LogP contribution in [0, 0.1) is 23.7 Å². The zero-order chi connectivity index (χ0) is 14.2. The summed E-state index contributed by atoms with van der Waals surface area (Å²) in [5.41, 5.74) is 2.47. The fourth-order valence-corrected chi connectivity index (χ4v) is 2.71. The molecule has 0 saturated heterocycles. The highest BCUT2D eigenvalue weighted by atomic mass is 14.2. The molecule has 1 aliphatic carbocycles. The molecule has 1 saturated carbocycles. The smallest absolute Gasteiger partial charge is 0.0249 e. The Bertz CT molecular complexity index is 499. The fraction of sp³-hybridized carbons (Fsp3) is 0.400. The van der Waals surface area contributed by atoms with Gasteiger partial charge in [-0.2, -0.15) is 0 Å². The third kappa shape index (κ3) is 4.42. The highest BCUT2D eigenvalue weighted by molar-refractivity contribution is 5.38. The van der Waals surface area contributed by atoms with Gasteiger partial charge in [-0.3, -0.25) is 0 Å². The minimum atomic E-state index is 0.711. The first-order chi connectivity index (χ1) is 9.81. The van der Waals surface area contributed by atoms with Crippen LogP contribution >= 0.6 is 0 Å². The van der Waals surface area contributed by atoms with Gasteiger partial charge in [0.25, 0.3) is 0 Å². The molecule has 104 valence electrons. The molecule has 0 bridgehead atoms. The van der Waals surface area contributed by atoms with Crippen LogP contribution in [0.25, 0.3) is 0 Å². The van der Waals surface area contributed by atoms with Crippen molar-refractivity contribution in [3.8, 4) is 11.8 Å². The number of rotatable bonds is 3.